The molecule has 304 valence electrons. The van der Waals surface area contributed by atoms with Crippen molar-refractivity contribution in [2.75, 3.05) is 13.7 Å². The van der Waals surface area contributed by atoms with E-state index in [0.717, 1.165) is 27.8 Å². The molecule has 3 aliphatic heterocycles. The van der Waals surface area contributed by atoms with Gasteiger partial charge in [-0.2, -0.15) is 0 Å². The maximum atomic E-state index is 7.17. The molecule has 8 rings (SSSR count). The van der Waals surface area contributed by atoms with Gasteiger partial charge in [0.2, 0.25) is 0 Å². The second-order valence-electron chi connectivity index (χ2n) is 14.9. The van der Waals surface area contributed by atoms with Crippen LogP contribution in [-0.2, 0) is 80.4 Å². The predicted molar refractivity (Wildman–Crippen MR) is 215 cm³/mol. The summed E-state index contributed by atoms with van der Waals surface area (Å²) in [6, 6.07) is 50.1. The molecule has 10 heteroatoms. The molecule has 0 saturated carbocycles. The van der Waals surface area contributed by atoms with E-state index in [0.29, 0.717) is 26.4 Å². The molecule has 58 heavy (non-hydrogen) atoms. The Morgan fingerprint density at radius 2 is 0.879 bits per heavy atom. The Kier molecular flexibility index (Phi) is 13.7. The lowest BCUT2D eigenvalue weighted by Crippen LogP contribution is -2.74. The first-order valence-electron chi connectivity index (χ1n) is 20.0. The number of ether oxygens (including phenoxy) is 10. The van der Waals surface area contributed by atoms with Gasteiger partial charge in [-0.25, -0.2) is 0 Å². The Labute approximate surface area is 340 Å². The zero-order chi connectivity index (χ0) is 39.6. The molecule has 0 amide bonds. The first kappa shape index (κ1) is 40.5. The minimum absolute atomic E-state index is 0.0972. The highest BCUT2D eigenvalue weighted by Crippen LogP contribution is 2.44. The zero-order valence-electron chi connectivity index (χ0n) is 33.0. The Balaban J connectivity index is 1.14. The molecule has 1 spiro atoms. The summed E-state index contributed by atoms with van der Waals surface area (Å²) < 4.78 is 67.2. The highest BCUT2D eigenvalue weighted by atomic mass is 16.9. The van der Waals surface area contributed by atoms with Crippen LogP contribution in [0.1, 0.15) is 34.7 Å². The van der Waals surface area contributed by atoms with E-state index in [1.54, 1.807) is 7.11 Å². The summed E-state index contributed by atoms with van der Waals surface area (Å²) >= 11 is 0. The third-order valence-electron chi connectivity index (χ3n) is 10.8. The van der Waals surface area contributed by atoms with Crippen LogP contribution in [0, 0.1) is 0 Å². The summed E-state index contributed by atoms with van der Waals surface area (Å²) in [6.45, 7) is 3.55. The van der Waals surface area contributed by atoms with Gasteiger partial charge in [-0.1, -0.05) is 152 Å². The smallest absolute Gasteiger partial charge is 0.314 e. The van der Waals surface area contributed by atoms with E-state index in [9.17, 15) is 0 Å². The molecule has 5 aromatic carbocycles. The molecule has 10 atom stereocenters. The summed E-state index contributed by atoms with van der Waals surface area (Å²) in [6.07, 6.45) is -6.16. The molecule has 10 nitrogen and oxygen atoms in total. The standard InChI is InChI=1S/C48H52O10/c1-34-41(50-28-35-18-8-3-9-19-35)44(52-30-37-22-12-5-13-23-37)46(54-32-39-26-16-7-17-27-39)48(57-34)55-33-40-42(58-48)43(51-29-36-20-10-4-11-21-36)45(47(49-2)56-40)53-31-38-24-14-6-15-25-38/h3-27,34,40-47H,28-33H2,1-2H3/t34-,40-,41+,42+,43+,44+,45-,46-,47+,48-/m1/s1. The van der Waals surface area contributed by atoms with Gasteiger partial charge in [0, 0.05) is 7.11 Å². The van der Waals surface area contributed by atoms with Crippen molar-refractivity contribution in [2.45, 2.75) is 101 Å². The quantitative estimate of drug-likeness (QED) is 0.0988. The van der Waals surface area contributed by atoms with E-state index in [4.69, 9.17) is 47.4 Å². The molecule has 0 aromatic heterocycles. The monoisotopic (exact) mass is 788 g/mol. The van der Waals surface area contributed by atoms with Crippen LogP contribution in [0.15, 0.2) is 152 Å². The number of hydrogen-bond acceptors (Lipinski definition) is 10. The predicted octanol–water partition coefficient (Wildman–Crippen LogP) is 7.77. The van der Waals surface area contributed by atoms with Crippen molar-refractivity contribution in [2.24, 2.45) is 0 Å². The van der Waals surface area contributed by atoms with Crippen molar-refractivity contribution in [1.29, 1.82) is 0 Å². The van der Waals surface area contributed by atoms with Gasteiger partial charge in [0.1, 0.15) is 36.6 Å². The maximum absolute atomic E-state index is 7.17. The summed E-state index contributed by atoms with van der Waals surface area (Å²) in [5, 5.41) is 0. The van der Waals surface area contributed by atoms with Crippen LogP contribution >= 0.6 is 0 Å². The summed E-state index contributed by atoms with van der Waals surface area (Å²) in [5.74, 6) is -1.75. The van der Waals surface area contributed by atoms with Gasteiger partial charge in [-0.3, -0.25) is 0 Å². The van der Waals surface area contributed by atoms with Crippen molar-refractivity contribution in [3.63, 3.8) is 0 Å². The lowest BCUT2D eigenvalue weighted by molar-refractivity contribution is -0.515. The maximum Gasteiger partial charge on any atom is 0.314 e. The zero-order valence-corrected chi connectivity index (χ0v) is 33.0. The largest absolute Gasteiger partial charge is 0.368 e. The average Bonchev–Trinajstić information content (AvgIpc) is 3.28. The molecule has 0 radical (unpaired) electrons. The molecule has 0 N–H and O–H groups in total. The molecule has 3 saturated heterocycles. The fourth-order valence-electron chi connectivity index (χ4n) is 7.81. The molecule has 3 aliphatic rings. The van der Waals surface area contributed by atoms with Crippen molar-refractivity contribution in [1.82, 2.24) is 0 Å². The molecule has 3 fully saturated rings. The second-order valence-corrected chi connectivity index (χ2v) is 14.9. The van der Waals surface area contributed by atoms with Crippen LogP contribution in [0.2, 0.25) is 0 Å². The summed E-state index contributed by atoms with van der Waals surface area (Å²) in [7, 11) is 1.60. The number of methoxy groups -OCH3 is 1. The Morgan fingerprint density at radius 3 is 1.33 bits per heavy atom. The van der Waals surface area contributed by atoms with Gasteiger partial charge >= 0.3 is 5.97 Å². The van der Waals surface area contributed by atoms with Crippen LogP contribution in [0.5, 0.6) is 0 Å². The summed E-state index contributed by atoms with van der Waals surface area (Å²) in [5.41, 5.74) is 5.00. The average molecular weight is 789 g/mol. The Morgan fingerprint density at radius 1 is 0.483 bits per heavy atom. The third-order valence-corrected chi connectivity index (χ3v) is 10.8. The van der Waals surface area contributed by atoms with Crippen molar-refractivity contribution in [3.05, 3.63) is 179 Å². The topological polar surface area (TPSA) is 92.3 Å². The van der Waals surface area contributed by atoms with E-state index in [-0.39, 0.29) is 13.2 Å². The van der Waals surface area contributed by atoms with Crippen LogP contribution in [0.4, 0.5) is 0 Å². The molecule has 0 unspecified atom stereocenters. The number of benzene rings is 5. The van der Waals surface area contributed by atoms with Gasteiger partial charge in [0.05, 0.1) is 45.7 Å². The Hall–Kier alpha value is -4.30. The van der Waals surface area contributed by atoms with Crippen LogP contribution in [0.25, 0.3) is 0 Å². The van der Waals surface area contributed by atoms with Crippen molar-refractivity contribution in [3.8, 4) is 0 Å². The molecular formula is C48H52O10. The molecule has 5 aromatic rings. The highest BCUT2D eigenvalue weighted by molar-refractivity contribution is 5.18. The van der Waals surface area contributed by atoms with E-state index in [2.05, 4.69) is 0 Å². The lowest BCUT2D eigenvalue weighted by atomic mass is 9.93. The van der Waals surface area contributed by atoms with Crippen LogP contribution < -0.4 is 0 Å². The van der Waals surface area contributed by atoms with Crippen molar-refractivity contribution >= 4 is 0 Å². The van der Waals surface area contributed by atoms with Gasteiger partial charge in [-0.05, 0) is 34.7 Å². The van der Waals surface area contributed by atoms with Crippen LogP contribution in [-0.4, -0.2) is 74.8 Å². The third kappa shape index (κ3) is 9.76. The Bertz CT molecular complexity index is 1940. The fourth-order valence-corrected chi connectivity index (χ4v) is 7.81. The minimum atomic E-state index is -1.75. The van der Waals surface area contributed by atoms with E-state index in [1.807, 2.05) is 159 Å². The van der Waals surface area contributed by atoms with Gasteiger partial charge in [0.25, 0.3) is 0 Å². The first-order chi connectivity index (χ1) is 28.6. The molecular weight excluding hydrogens is 737 g/mol. The van der Waals surface area contributed by atoms with Crippen LogP contribution in [0.3, 0.4) is 0 Å². The van der Waals surface area contributed by atoms with E-state index in [1.165, 1.54) is 0 Å². The molecule has 3 heterocycles. The fraction of sp³-hybridized carbons (Fsp3) is 0.375. The number of rotatable bonds is 16. The lowest BCUT2D eigenvalue weighted by Gasteiger charge is -2.57. The van der Waals surface area contributed by atoms with Crippen molar-refractivity contribution < 1.29 is 47.4 Å². The van der Waals surface area contributed by atoms with E-state index >= 15 is 0 Å². The minimum Gasteiger partial charge on any atom is -0.368 e. The summed E-state index contributed by atoms with van der Waals surface area (Å²) in [4.78, 5) is 0. The molecule has 0 bridgehead atoms. The number of hydrogen-bond donors (Lipinski definition) is 0. The van der Waals surface area contributed by atoms with Gasteiger partial charge < -0.3 is 47.4 Å². The normalized spacial score (nSPS) is 29.5. The molecule has 0 aliphatic carbocycles. The SMILES string of the molecule is CO[C@H]1O[C@@H]2CO[C@@]3(O[C@@H]2[C@H](OCc2ccccc2)[C@H]1OCc1ccccc1)O[C@H](C)[C@H](OCc1ccccc1)[C@H](OCc1ccccc1)[C@H]3OCc1ccccc1. The second kappa shape index (κ2) is 19.6. The first-order valence-corrected chi connectivity index (χ1v) is 20.0. The van der Waals surface area contributed by atoms with Gasteiger partial charge in [-0.15, -0.1) is 0 Å². The number of fused-ring (bicyclic) bond motifs is 1. The van der Waals surface area contributed by atoms with Gasteiger partial charge in [0.15, 0.2) is 12.4 Å². The highest BCUT2D eigenvalue weighted by Gasteiger charge is 2.64. The van der Waals surface area contributed by atoms with E-state index < -0.39 is 61.1 Å².